The fourth-order valence-electron chi connectivity index (χ4n) is 0.143. The number of amides is 2. The van der Waals surface area contributed by atoms with E-state index >= 15 is 0 Å². The van der Waals surface area contributed by atoms with Gasteiger partial charge in [-0.1, -0.05) is 0 Å². The van der Waals surface area contributed by atoms with Crippen molar-refractivity contribution in [1.82, 2.24) is 0 Å². The third kappa shape index (κ3) is 44.1. The summed E-state index contributed by atoms with van der Waals surface area (Å²) < 4.78 is 0. The van der Waals surface area contributed by atoms with Crippen molar-refractivity contribution in [3.8, 4) is 0 Å². The largest absolute Gasteiger partial charge is 0.478 e. The molecule has 68 valence electrons. The van der Waals surface area contributed by atoms with Crippen LogP contribution in [0, 0.1) is 0 Å². The normalized spacial score (nSPS) is 8.33. The number of carbonyl (C=O) groups is 3. The van der Waals surface area contributed by atoms with Gasteiger partial charge >= 0.3 is 18.0 Å². The van der Waals surface area contributed by atoms with E-state index in [4.69, 9.17) is 15.0 Å². The molecule has 0 spiro atoms. The maximum absolute atomic E-state index is 9.55. The topological polar surface area (TPSA) is 144 Å². The van der Waals surface area contributed by atoms with E-state index in [-0.39, 0.29) is 0 Å². The molecular weight excluding hydrogens is 168 g/mol. The van der Waals surface area contributed by atoms with Crippen molar-refractivity contribution < 1.29 is 24.6 Å². The second kappa shape index (κ2) is 7.06. The second-order valence-corrected chi connectivity index (χ2v) is 1.41. The number of hydrogen-bond donors (Lipinski definition) is 4. The summed E-state index contributed by atoms with van der Waals surface area (Å²) >= 11 is 0. The SMILES string of the molecule is NC(N)=O.O=C(O)C=CC(=O)O. The molecule has 0 aromatic carbocycles. The lowest BCUT2D eigenvalue weighted by Crippen LogP contribution is -2.18. The van der Waals surface area contributed by atoms with Gasteiger partial charge in [-0.05, 0) is 0 Å². The Bertz CT molecular complexity index is 190. The summed E-state index contributed by atoms with van der Waals surface area (Å²) in [6.07, 6.45) is 1.12. The number of nitrogens with two attached hydrogens (primary N) is 2. The number of aliphatic carboxylic acids is 2. The Balaban J connectivity index is 0. The number of hydrogen-bond acceptors (Lipinski definition) is 3. The van der Waals surface area contributed by atoms with Gasteiger partial charge in [0.15, 0.2) is 0 Å². The molecule has 2 amide bonds. The van der Waals surface area contributed by atoms with Crippen molar-refractivity contribution in [3.05, 3.63) is 12.2 Å². The summed E-state index contributed by atoms with van der Waals surface area (Å²) in [5.41, 5.74) is 8.50. The third-order valence-electron chi connectivity index (χ3n) is 0.368. The molecule has 0 atom stereocenters. The average Bonchev–Trinajstić information content (AvgIpc) is 1.82. The number of urea groups is 1. The van der Waals surface area contributed by atoms with Gasteiger partial charge in [0, 0.05) is 12.2 Å². The fraction of sp³-hybridized carbons (Fsp3) is 0. The Morgan fingerprint density at radius 2 is 1.08 bits per heavy atom. The van der Waals surface area contributed by atoms with Crippen LogP contribution in [0.25, 0.3) is 0 Å². The van der Waals surface area contributed by atoms with E-state index < -0.39 is 18.0 Å². The molecule has 0 saturated heterocycles. The van der Waals surface area contributed by atoms with Crippen molar-refractivity contribution in [1.29, 1.82) is 0 Å². The molecule has 0 aliphatic rings. The first-order valence-electron chi connectivity index (χ1n) is 2.55. The molecular formula is C5H8N2O5. The van der Waals surface area contributed by atoms with Crippen molar-refractivity contribution in [2.24, 2.45) is 11.5 Å². The Morgan fingerprint density at radius 1 is 0.917 bits per heavy atom. The first kappa shape index (κ1) is 12.6. The van der Waals surface area contributed by atoms with Crippen LogP contribution in [0.15, 0.2) is 12.2 Å². The van der Waals surface area contributed by atoms with Crippen LogP contribution < -0.4 is 11.5 Å². The van der Waals surface area contributed by atoms with Crippen LogP contribution in [0.4, 0.5) is 4.79 Å². The standard InChI is InChI=1S/C4H4O4.CH4N2O/c5-3(6)1-2-4(7)8;2-1(3)4/h1-2H,(H,5,6)(H,7,8);(H4,2,3,4). The van der Waals surface area contributed by atoms with Gasteiger partial charge in [-0.3, -0.25) is 0 Å². The van der Waals surface area contributed by atoms with Crippen LogP contribution in [0.1, 0.15) is 0 Å². The van der Waals surface area contributed by atoms with Gasteiger partial charge in [0.05, 0.1) is 0 Å². The highest BCUT2D eigenvalue weighted by molar-refractivity contribution is 5.89. The van der Waals surface area contributed by atoms with Crippen molar-refractivity contribution in [2.75, 3.05) is 0 Å². The van der Waals surface area contributed by atoms with E-state index in [2.05, 4.69) is 11.5 Å². The maximum Gasteiger partial charge on any atom is 0.328 e. The predicted octanol–water partition coefficient (Wildman–Crippen LogP) is -1.26. The molecule has 0 aliphatic carbocycles. The lowest BCUT2D eigenvalue weighted by molar-refractivity contribution is -0.134. The fourth-order valence-corrected chi connectivity index (χ4v) is 0.143. The summed E-state index contributed by atoms with van der Waals surface area (Å²) in [5, 5.41) is 15.6. The number of carbonyl (C=O) groups excluding carboxylic acids is 1. The van der Waals surface area contributed by atoms with E-state index in [9.17, 15) is 9.59 Å². The molecule has 0 aromatic heterocycles. The quantitative estimate of drug-likeness (QED) is 0.388. The highest BCUT2D eigenvalue weighted by atomic mass is 16.4. The van der Waals surface area contributed by atoms with Gasteiger partial charge in [-0.25, -0.2) is 14.4 Å². The molecule has 7 nitrogen and oxygen atoms in total. The maximum atomic E-state index is 9.55. The molecule has 0 saturated carbocycles. The van der Waals surface area contributed by atoms with Crippen LogP contribution >= 0.6 is 0 Å². The lowest BCUT2D eigenvalue weighted by Gasteiger charge is -1.74. The molecule has 0 unspecified atom stereocenters. The average molecular weight is 176 g/mol. The lowest BCUT2D eigenvalue weighted by atomic mass is 10.5. The molecule has 0 heterocycles. The molecule has 0 radical (unpaired) electrons. The zero-order valence-electron chi connectivity index (χ0n) is 5.93. The monoisotopic (exact) mass is 176 g/mol. The summed E-state index contributed by atoms with van der Waals surface area (Å²) in [6, 6.07) is -0.833. The van der Waals surface area contributed by atoms with Gasteiger partial charge in [0.1, 0.15) is 0 Å². The van der Waals surface area contributed by atoms with Gasteiger partial charge in [-0.15, -0.1) is 0 Å². The molecule has 0 fully saturated rings. The van der Waals surface area contributed by atoms with Crippen molar-refractivity contribution in [2.45, 2.75) is 0 Å². The number of carboxylic acid groups (broad SMARTS) is 2. The number of carboxylic acids is 2. The first-order valence-corrected chi connectivity index (χ1v) is 2.55. The highest BCUT2D eigenvalue weighted by Gasteiger charge is 1.88. The van der Waals surface area contributed by atoms with E-state index in [0.717, 1.165) is 0 Å². The highest BCUT2D eigenvalue weighted by Crippen LogP contribution is 1.70. The van der Waals surface area contributed by atoms with Gasteiger partial charge < -0.3 is 21.7 Å². The summed E-state index contributed by atoms with van der Waals surface area (Å²) in [7, 11) is 0. The van der Waals surface area contributed by atoms with Crippen LogP contribution in [0.3, 0.4) is 0 Å². The smallest absolute Gasteiger partial charge is 0.328 e. The zero-order valence-corrected chi connectivity index (χ0v) is 5.93. The minimum Gasteiger partial charge on any atom is -0.478 e. The number of rotatable bonds is 2. The van der Waals surface area contributed by atoms with Crippen molar-refractivity contribution in [3.63, 3.8) is 0 Å². The Morgan fingerprint density at radius 3 is 1.17 bits per heavy atom. The van der Waals surface area contributed by atoms with Crippen LogP contribution in [-0.2, 0) is 9.59 Å². The summed E-state index contributed by atoms with van der Waals surface area (Å²) in [4.78, 5) is 28.1. The summed E-state index contributed by atoms with van der Waals surface area (Å²) in [5.74, 6) is -2.51. The molecule has 0 aromatic rings. The minimum absolute atomic E-state index is 0.558. The Labute approximate surface area is 67.3 Å². The van der Waals surface area contributed by atoms with Crippen LogP contribution in [-0.4, -0.2) is 28.2 Å². The van der Waals surface area contributed by atoms with E-state index in [1.54, 1.807) is 0 Å². The van der Waals surface area contributed by atoms with E-state index in [1.807, 2.05) is 0 Å². The molecule has 0 rings (SSSR count). The molecule has 7 heteroatoms. The summed E-state index contributed by atoms with van der Waals surface area (Å²) in [6.45, 7) is 0. The van der Waals surface area contributed by atoms with Crippen molar-refractivity contribution >= 4 is 18.0 Å². The van der Waals surface area contributed by atoms with Crippen LogP contribution in [0.2, 0.25) is 0 Å². The van der Waals surface area contributed by atoms with Gasteiger partial charge in [0.25, 0.3) is 0 Å². The predicted molar refractivity (Wildman–Crippen MR) is 38.2 cm³/mol. The zero-order chi connectivity index (χ0) is 10.1. The second-order valence-electron chi connectivity index (χ2n) is 1.41. The van der Waals surface area contributed by atoms with E-state index in [0.29, 0.717) is 12.2 Å². The Hall–Kier alpha value is -2.05. The minimum atomic E-state index is -1.26. The third-order valence-corrected chi connectivity index (χ3v) is 0.368. The van der Waals surface area contributed by atoms with E-state index in [1.165, 1.54) is 0 Å². The first-order chi connectivity index (χ1) is 5.36. The Kier molecular flexibility index (Phi) is 7.42. The number of primary amides is 2. The molecule has 12 heavy (non-hydrogen) atoms. The molecule has 0 aliphatic heterocycles. The van der Waals surface area contributed by atoms with Gasteiger partial charge in [0.2, 0.25) is 0 Å². The van der Waals surface area contributed by atoms with Crippen LogP contribution in [0.5, 0.6) is 0 Å². The van der Waals surface area contributed by atoms with Gasteiger partial charge in [-0.2, -0.15) is 0 Å². The molecule has 6 N–H and O–H groups in total. The molecule has 0 bridgehead atoms.